The second-order valence-corrected chi connectivity index (χ2v) is 10.8. The van der Waals surface area contributed by atoms with Gasteiger partial charge in [-0.3, -0.25) is 24.0 Å². The van der Waals surface area contributed by atoms with Crippen molar-refractivity contribution in [1.82, 2.24) is 26.2 Å². The molecule has 5 N–H and O–H groups in total. The molecule has 1 aromatic rings. The van der Waals surface area contributed by atoms with Crippen molar-refractivity contribution in [2.45, 2.75) is 78.1 Å². The zero-order chi connectivity index (χ0) is 29.1. The average molecular weight is 546 g/mol. The second kappa shape index (κ2) is 15.2. The minimum Gasteiger partial charge on any atom is -0.391 e. The van der Waals surface area contributed by atoms with Gasteiger partial charge < -0.3 is 31.3 Å². The number of carbonyl (C=O) groups excluding carboxylic acids is 5. The molecule has 216 valence electrons. The molecule has 5 amide bonds. The van der Waals surface area contributed by atoms with Crippen LogP contribution in [0.5, 0.6) is 0 Å². The monoisotopic (exact) mass is 545 g/mol. The van der Waals surface area contributed by atoms with Crippen molar-refractivity contribution >= 4 is 29.5 Å². The third-order valence-electron chi connectivity index (χ3n) is 6.55. The zero-order valence-corrected chi connectivity index (χ0v) is 23.5. The van der Waals surface area contributed by atoms with Crippen LogP contribution in [0.1, 0.15) is 53.0 Å². The molecule has 2 rings (SSSR count). The third kappa shape index (κ3) is 10.3. The Bertz CT molecular complexity index is 997. The van der Waals surface area contributed by atoms with Crippen LogP contribution >= 0.6 is 0 Å². The van der Waals surface area contributed by atoms with E-state index < -0.39 is 47.9 Å². The molecule has 39 heavy (non-hydrogen) atoms. The van der Waals surface area contributed by atoms with Crippen LogP contribution < -0.4 is 21.3 Å². The fourth-order valence-electron chi connectivity index (χ4n) is 4.19. The lowest BCUT2D eigenvalue weighted by Crippen LogP contribution is -2.60. The molecular weight excluding hydrogens is 502 g/mol. The first-order valence-electron chi connectivity index (χ1n) is 13.6. The summed E-state index contributed by atoms with van der Waals surface area (Å²) in [5.74, 6) is -2.65. The van der Waals surface area contributed by atoms with Gasteiger partial charge in [0.05, 0.1) is 12.6 Å². The van der Waals surface area contributed by atoms with Gasteiger partial charge >= 0.3 is 0 Å². The Morgan fingerprint density at radius 3 is 2.18 bits per heavy atom. The van der Waals surface area contributed by atoms with Crippen molar-refractivity contribution in [1.29, 1.82) is 0 Å². The highest BCUT2D eigenvalue weighted by atomic mass is 16.3. The Morgan fingerprint density at radius 2 is 1.59 bits per heavy atom. The Labute approximate surface area is 230 Å². The van der Waals surface area contributed by atoms with E-state index in [2.05, 4.69) is 21.3 Å². The standard InChI is InChI=1S/C28H43N5O6/c1-17(2)11-12-23(36)33-14-13-29-27(38)25(19(5)34)32-26(37)21(15-20-9-7-6-8-10-20)30-28(39)24(18(3)4)31-22(35)16-33/h6-10,17-19,21,24-25,34H,11-16H2,1-5H3,(H,29,38)(H,30,39)(H,31,35)(H,32,37)/t19-,21+,24-,25+/m1/s1. The van der Waals surface area contributed by atoms with Crippen molar-refractivity contribution < 1.29 is 29.1 Å². The summed E-state index contributed by atoms with van der Waals surface area (Å²) >= 11 is 0. The predicted molar refractivity (Wildman–Crippen MR) is 146 cm³/mol. The molecule has 1 heterocycles. The largest absolute Gasteiger partial charge is 0.391 e. The number of hydrogen-bond donors (Lipinski definition) is 5. The minimum absolute atomic E-state index is 0.0108. The van der Waals surface area contributed by atoms with Crippen LogP contribution in [-0.4, -0.2) is 83.4 Å². The van der Waals surface area contributed by atoms with E-state index in [1.807, 2.05) is 19.9 Å². The molecule has 1 aliphatic heterocycles. The summed E-state index contributed by atoms with van der Waals surface area (Å²) in [6.07, 6.45) is -0.225. The lowest BCUT2D eigenvalue weighted by atomic mass is 10.0. The highest BCUT2D eigenvalue weighted by Gasteiger charge is 2.33. The zero-order valence-electron chi connectivity index (χ0n) is 23.5. The molecule has 0 aromatic heterocycles. The lowest BCUT2D eigenvalue weighted by molar-refractivity contribution is -0.137. The average Bonchev–Trinajstić information content (AvgIpc) is 2.87. The van der Waals surface area contributed by atoms with Crippen LogP contribution in [0, 0.1) is 11.8 Å². The van der Waals surface area contributed by atoms with E-state index in [0.29, 0.717) is 12.3 Å². The van der Waals surface area contributed by atoms with E-state index in [4.69, 9.17) is 0 Å². The summed E-state index contributed by atoms with van der Waals surface area (Å²) in [6.45, 7) is 8.67. The van der Waals surface area contributed by atoms with Crippen molar-refractivity contribution in [2.24, 2.45) is 11.8 Å². The number of benzene rings is 1. The van der Waals surface area contributed by atoms with Gasteiger partial charge in [-0.15, -0.1) is 0 Å². The Kier molecular flexibility index (Phi) is 12.4. The van der Waals surface area contributed by atoms with Gasteiger partial charge in [-0.25, -0.2) is 0 Å². The van der Waals surface area contributed by atoms with Gasteiger partial charge in [0.2, 0.25) is 29.5 Å². The van der Waals surface area contributed by atoms with Crippen molar-refractivity contribution in [3.05, 3.63) is 35.9 Å². The summed E-state index contributed by atoms with van der Waals surface area (Å²) < 4.78 is 0. The van der Waals surface area contributed by atoms with Crippen LogP contribution in [0.3, 0.4) is 0 Å². The highest BCUT2D eigenvalue weighted by molar-refractivity contribution is 5.95. The first-order valence-corrected chi connectivity index (χ1v) is 13.6. The predicted octanol–water partition coefficient (Wildman–Crippen LogP) is 0.115. The molecule has 0 spiro atoms. The lowest BCUT2D eigenvalue weighted by Gasteiger charge is -2.27. The second-order valence-electron chi connectivity index (χ2n) is 10.8. The van der Waals surface area contributed by atoms with Crippen LogP contribution in [0.25, 0.3) is 0 Å². The molecule has 0 radical (unpaired) electrons. The summed E-state index contributed by atoms with van der Waals surface area (Å²) in [7, 11) is 0. The summed E-state index contributed by atoms with van der Waals surface area (Å²) in [6, 6.07) is 5.72. The molecule has 0 bridgehead atoms. The molecule has 1 saturated heterocycles. The third-order valence-corrected chi connectivity index (χ3v) is 6.55. The number of carbonyl (C=O) groups is 5. The van der Waals surface area contributed by atoms with Gasteiger partial charge in [0.15, 0.2) is 0 Å². The highest BCUT2D eigenvalue weighted by Crippen LogP contribution is 2.10. The molecule has 0 aliphatic carbocycles. The SMILES string of the molecule is CC(C)CCC(=O)N1CCNC(=O)[C@H]([C@@H](C)O)NC(=O)[C@H](Cc2ccccc2)NC(=O)[C@@H](C(C)C)NC(=O)C1. The smallest absolute Gasteiger partial charge is 0.245 e. The Morgan fingerprint density at radius 1 is 0.923 bits per heavy atom. The van der Waals surface area contributed by atoms with Crippen LogP contribution in [0.2, 0.25) is 0 Å². The molecule has 1 aromatic carbocycles. The Balaban J connectivity index is 2.38. The van der Waals surface area contributed by atoms with Crippen molar-refractivity contribution in [2.75, 3.05) is 19.6 Å². The number of aliphatic hydroxyl groups excluding tert-OH is 1. The Hall–Kier alpha value is -3.47. The molecule has 1 fully saturated rings. The fraction of sp³-hybridized carbons (Fsp3) is 0.607. The number of hydrogen-bond acceptors (Lipinski definition) is 6. The molecular formula is C28H43N5O6. The fourth-order valence-corrected chi connectivity index (χ4v) is 4.19. The molecule has 11 heteroatoms. The number of amides is 5. The van der Waals surface area contributed by atoms with Gasteiger partial charge in [-0.2, -0.15) is 0 Å². The van der Waals surface area contributed by atoms with E-state index in [-0.39, 0.29) is 44.3 Å². The first kappa shape index (κ1) is 31.7. The maximum Gasteiger partial charge on any atom is 0.245 e. The van der Waals surface area contributed by atoms with E-state index in [1.165, 1.54) is 11.8 Å². The molecule has 1 aliphatic rings. The number of aliphatic hydroxyl groups is 1. The number of nitrogens with zero attached hydrogens (tertiary/aromatic N) is 1. The summed E-state index contributed by atoms with van der Waals surface area (Å²) in [4.78, 5) is 66.8. The summed E-state index contributed by atoms with van der Waals surface area (Å²) in [5, 5.41) is 20.9. The van der Waals surface area contributed by atoms with Crippen LogP contribution in [-0.2, 0) is 30.4 Å². The molecule has 0 unspecified atom stereocenters. The maximum atomic E-state index is 13.3. The molecule has 11 nitrogen and oxygen atoms in total. The normalized spacial score (nSPS) is 22.8. The number of rotatable bonds is 7. The quantitative estimate of drug-likeness (QED) is 0.328. The maximum absolute atomic E-state index is 13.3. The van der Waals surface area contributed by atoms with Gasteiger partial charge in [0.1, 0.15) is 18.1 Å². The van der Waals surface area contributed by atoms with Crippen molar-refractivity contribution in [3.63, 3.8) is 0 Å². The van der Waals surface area contributed by atoms with E-state index in [0.717, 1.165) is 5.56 Å². The summed E-state index contributed by atoms with van der Waals surface area (Å²) in [5.41, 5.74) is 0.773. The van der Waals surface area contributed by atoms with E-state index >= 15 is 0 Å². The molecule has 0 saturated carbocycles. The van der Waals surface area contributed by atoms with E-state index in [1.54, 1.807) is 38.1 Å². The van der Waals surface area contributed by atoms with Gasteiger partial charge in [-0.1, -0.05) is 58.0 Å². The van der Waals surface area contributed by atoms with Crippen molar-refractivity contribution in [3.8, 4) is 0 Å². The number of nitrogens with one attached hydrogen (secondary N) is 4. The topological polar surface area (TPSA) is 157 Å². The van der Waals surface area contributed by atoms with Gasteiger partial charge in [0.25, 0.3) is 0 Å². The van der Waals surface area contributed by atoms with Gasteiger partial charge in [0, 0.05) is 25.9 Å². The first-order chi connectivity index (χ1) is 18.4. The van der Waals surface area contributed by atoms with Gasteiger partial charge in [-0.05, 0) is 30.7 Å². The van der Waals surface area contributed by atoms with E-state index in [9.17, 15) is 29.1 Å². The molecule has 4 atom stereocenters. The van der Waals surface area contributed by atoms with Crippen LogP contribution in [0.4, 0.5) is 0 Å². The van der Waals surface area contributed by atoms with Crippen LogP contribution in [0.15, 0.2) is 30.3 Å². The minimum atomic E-state index is -1.29.